The van der Waals surface area contributed by atoms with Crippen LogP contribution in [-0.4, -0.2) is 0 Å². The molecule has 0 N–H and O–H groups in total. The predicted octanol–water partition coefficient (Wildman–Crippen LogP) is 4.79. The third-order valence-corrected chi connectivity index (χ3v) is 1.11. The Hall–Kier alpha value is -0.417. The molecule has 0 aromatic heterocycles. The first-order valence-corrected chi connectivity index (χ1v) is 5.19. The van der Waals surface area contributed by atoms with Crippen molar-refractivity contribution in [2.75, 3.05) is 0 Å². The van der Waals surface area contributed by atoms with Crippen molar-refractivity contribution in [3.8, 4) is 0 Å². The third-order valence-electron chi connectivity index (χ3n) is 1.11. The molecule has 0 saturated heterocycles. The molecule has 2 aromatic rings. The molecule has 2 rings (SSSR count). The van der Waals surface area contributed by atoms with Crippen LogP contribution in [-0.2, 0) is 26.2 Å². The van der Waals surface area contributed by atoms with E-state index < -0.39 is 0 Å². The molecule has 0 aliphatic carbocycles. The topological polar surface area (TPSA) is 0 Å². The smallest absolute Gasteiger partial charge is 1.00 e. The summed E-state index contributed by atoms with van der Waals surface area (Å²) in [5, 5.41) is 0. The summed E-state index contributed by atoms with van der Waals surface area (Å²) in [4.78, 5) is 0. The van der Waals surface area contributed by atoms with Crippen LogP contribution < -0.4 is 0 Å². The average molecular weight is 294 g/mol. The number of hydrogen-bond donors (Lipinski definition) is 0. The molecule has 1 heteroatoms. The van der Waals surface area contributed by atoms with Gasteiger partial charge in [-0.3, -0.25) is 0 Å². The van der Waals surface area contributed by atoms with E-state index in [0.717, 1.165) is 0 Å². The van der Waals surface area contributed by atoms with Crippen LogP contribution >= 0.6 is 0 Å². The second kappa shape index (κ2) is 11.1. The van der Waals surface area contributed by atoms with Gasteiger partial charge in [0.1, 0.15) is 0 Å². The monoisotopic (exact) mass is 292 g/mol. The van der Waals surface area contributed by atoms with Gasteiger partial charge in [0.2, 0.25) is 0 Å². The molecular formula is C15H22Zr. The molecule has 0 bridgehead atoms. The Kier molecular flexibility index (Phi) is 12.4. The van der Waals surface area contributed by atoms with Gasteiger partial charge in [-0.1, -0.05) is 20.8 Å². The molecule has 0 unspecified atom stereocenters. The van der Waals surface area contributed by atoms with E-state index in [1.54, 1.807) is 0 Å². The van der Waals surface area contributed by atoms with Crippen molar-refractivity contribution in [1.82, 2.24) is 0 Å². The molecule has 0 amide bonds. The van der Waals surface area contributed by atoms with Crippen LogP contribution in [0.1, 0.15) is 22.2 Å². The van der Waals surface area contributed by atoms with Gasteiger partial charge in [0.25, 0.3) is 0 Å². The van der Waals surface area contributed by atoms with E-state index in [9.17, 15) is 0 Å². The molecule has 0 aliphatic rings. The van der Waals surface area contributed by atoms with E-state index in [-0.39, 0.29) is 33.0 Å². The molecule has 0 nitrogen and oxygen atoms in total. The first-order valence-electron chi connectivity index (χ1n) is 5.19. The van der Waals surface area contributed by atoms with Crippen LogP contribution in [0.2, 0.25) is 0 Å². The number of rotatable bonds is 0. The third kappa shape index (κ3) is 23.4. The van der Waals surface area contributed by atoms with Crippen LogP contribution in [0.25, 0.3) is 0 Å². The second-order valence-corrected chi connectivity index (χ2v) is 4.49. The van der Waals surface area contributed by atoms with Gasteiger partial charge in [0.05, 0.1) is 0 Å². The van der Waals surface area contributed by atoms with Crippen molar-refractivity contribution in [1.29, 1.82) is 0 Å². The van der Waals surface area contributed by atoms with E-state index >= 15 is 0 Å². The molecule has 16 heavy (non-hydrogen) atoms. The van der Waals surface area contributed by atoms with Crippen LogP contribution in [0, 0.1) is 12.3 Å². The summed E-state index contributed by atoms with van der Waals surface area (Å²) in [6, 6.07) is 20.0. The zero-order valence-electron chi connectivity index (χ0n) is 11.5. The molecule has 0 atom stereocenters. The normalized spacial score (nSPS) is 8.75. The van der Waals surface area contributed by atoms with E-state index in [1.807, 2.05) is 60.7 Å². The predicted molar refractivity (Wildman–Crippen MR) is 70.0 cm³/mol. The second-order valence-electron chi connectivity index (χ2n) is 4.49. The van der Waals surface area contributed by atoms with E-state index in [2.05, 4.69) is 27.7 Å². The Balaban J connectivity index is -0.000000163. The molecule has 0 radical (unpaired) electrons. The van der Waals surface area contributed by atoms with Crippen LogP contribution in [0.4, 0.5) is 0 Å². The van der Waals surface area contributed by atoms with Crippen molar-refractivity contribution < 1.29 is 27.6 Å². The maximum absolute atomic E-state index is 3.77. The Morgan fingerprint density at radius 2 is 1.00 bits per heavy atom. The van der Waals surface area contributed by atoms with Gasteiger partial charge in [-0.15, -0.1) is 0 Å². The SMILES string of the molecule is [CH2-]C(C)(C)C.[H-].[Zr+4].c1cc[cH-]c1.c1cc[cH-]c1. The summed E-state index contributed by atoms with van der Waals surface area (Å²) in [5.74, 6) is 0. The Morgan fingerprint density at radius 1 is 0.812 bits per heavy atom. The average Bonchev–Trinajstić information content (AvgIpc) is 2.81. The van der Waals surface area contributed by atoms with Crippen molar-refractivity contribution in [3.05, 3.63) is 67.6 Å². The minimum absolute atomic E-state index is 0. The van der Waals surface area contributed by atoms with Gasteiger partial charge >= 0.3 is 26.2 Å². The summed E-state index contributed by atoms with van der Waals surface area (Å²) >= 11 is 0. The fraction of sp³-hybridized carbons (Fsp3) is 0.267. The van der Waals surface area contributed by atoms with Crippen LogP contribution in [0.3, 0.4) is 0 Å². The molecule has 2 aromatic carbocycles. The fourth-order valence-corrected chi connectivity index (χ4v) is 0.642. The molecule has 0 fully saturated rings. The largest absolute Gasteiger partial charge is 4.00 e. The van der Waals surface area contributed by atoms with Gasteiger partial charge in [0.15, 0.2) is 0 Å². The summed E-state index contributed by atoms with van der Waals surface area (Å²) < 4.78 is 0. The standard InChI is InChI=1S/2C5H5.C5H11.Zr.H/c2*1-2-4-5-3-1;1-5(2,3)4;;/h2*1-5H;1H2,2-4H3;;/q3*-1;+4;-1. The first-order chi connectivity index (χ1) is 7.00. The Morgan fingerprint density at radius 3 is 1.06 bits per heavy atom. The van der Waals surface area contributed by atoms with Gasteiger partial charge in [-0.05, 0) is 0 Å². The summed E-state index contributed by atoms with van der Waals surface area (Å²) in [6.07, 6.45) is 0. The fourth-order valence-electron chi connectivity index (χ4n) is 0.642. The zero-order valence-corrected chi connectivity index (χ0v) is 12.9. The quantitative estimate of drug-likeness (QED) is 0.613. The van der Waals surface area contributed by atoms with Gasteiger partial charge in [-0.2, -0.15) is 41.8 Å². The van der Waals surface area contributed by atoms with Crippen molar-refractivity contribution in [2.45, 2.75) is 20.8 Å². The van der Waals surface area contributed by atoms with Crippen LogP contribution in [0.15, 0.2) is 60.7 Å². The summed E-state index contributed by atoms with van der Waals surface area (Å²) in [7, 11) is 0. The van der Waals surface area contributed by atoms with E-state index in [0.29, 0.717) is 0 Å². The van der Waals surface area contributed by atoms with Crippen molar-refractivity contribution >= 4 is 0 Å². The molecule has 0 spiro atoms. The van der Waals surface area contributed by atoms with Gasteiger partial charge < -0.3 is 8.35 Å². The summed E-state index contributed by atoms with van der Waals surface area (Å²) in [5.41, 5.74) is 0.250. The molecular weight excluding hydrogens is 271 g/mol. The minimum atomic E-state index is 0. The molecule has 0 saturated carbocycles. The maximum Gasteiger partial charge on any atom is 4.00 e. The summed E-state index contributed by atoms with van der Waals surface area (Å²) in [6.45, 7) is 10.0. The van der Waals surface area contributed by atoms with E-state index in [4.69, 9.17) is 0 Å². The maximum atomic E-state index is 3.77. The van der Waals surface area contributed by atoms with E-state index in [1.165, 1.54) is 0 Å². The van der Waals surface area contributed by atoms with Crippen molar-refractivity contribution in [2.24, 2.45) is 5.41 Å². The van der Waals surface area contributed by atoms with Crippen LogP contribution in [0.5, 0.6) is 0 Å². The first kappa shape index (κ1) is 18.0. The molecule has 0 aliphatic heterocycles. The molecule has 0 heterocycles. The Bertz CT molecular complexity index is 210. The zero-order chi connectivity index (χ0) is 11.6. The van der Waals surface area contributed by atoms with Crippen molar-refractivity contribution in [3.63, 3.8) is 0 Å². The molecule has 86 valence electrons. The number of hydrogen-bond acceptors (Lipinski definition) is 0. The minimum Gasteiger partial charge on any atom is -1.00 e. The Labute approximate surface area is 121 Å². The van der Waals surface area contributed by atoms with Gasteiger partial charge in [-0.25, -0.2) is 24.3 Å². The van der Waals surface area contributed by atoms with Gasteiger partial charge in [0, 0.05) is 0 Å².